The molecule has 0 spiro atoms. The van der Waals surface area contributed by atoms with E-state index in [0.717, 1.165) is 31.7 Å². The van der Waals surface area contributed by atoms with Crippen molar-refractivity contribution in [3.8, 4) is 0 Å². The Balaban J connectivity index is 2.53. The molecule has 0 saturated carbocycles. The molecule has 0 atom stereocenters. The van der Waals surface area contributed by atoms with Gasteiger partial charge < -0.3 is 15.8 Å². The van der Waals surface area contributed by atoms with Crippen molar-refractivity contribution in [2.45, 2.75) is 19.9 Å². The lowest BCUT2D eigenvalue weighted by molar-refractivity contribution is 0.259. The molecule has 0 saturated heterocycles. The molecule has 0 bridgehead atoms. The smallest absolute Gasteiger partial charge is 0.170 e. The molecule has 0 amide bonds. The van der Waals surface area contributed by atoms with Crippen LogP contribution in [0.2, 0.25) is 0 Å². The van der Waals surface area contributed by atoms with E-state index in [4.69, 9.17) is 10.9 Å². The van der Waals surface area contributed by atoms with E-state index < -0.39 is 0 Å². The largest absolute Gasteiger partial charge is 0.409 e. The van der Waals surface area contributed by atoms with Gasteiger partial charge >= 0.3 is 0 Å². The van der Waals surface area contributed by atoms with Gasteiger partial charge in [0.2, 0.25) is 0 Å². The molecule has 112 valence electrons. The monoisotopic (exact) mass is 278 g/mol. The Kier molecular flexibility index (Phi) is 7.04. The van der Waals surface area contributed by atoms with Crippen LogP contribution in [-0.2, 0) is 6.54 Å². The number of nitrogens with zero attached hydrogens (tertiary/aromatic N) is 3. The first-order valence-electron chi connectivity index (χ1n) is 7.00. The maximum atomic E-state index is 8.63. The SMILES string of the molecule is CCN(CCCN(C)C)Cc1ccc(/C(N)=N/O)cc1. The standard InChI is InChI=1S/C15H26N4O/c1-4-19(11-5-10-18(2)3)12-13-6-8-14(9-7-13)15(16)17-20/h6-9,20H,4-5,10-12H2,1-3H3,(H2,16,17). The zero-order chi connectivity index (χ0) is 15.0. The third-order valence-electron chi connectivity index (χ3n) is 3.29. The fourth-order valence-electron chi connectivity index (χ4n) is 2.06. The van der Waals surface area contributed by atoms with Gasteiger partial charge in [0.15, 0.2) is 5.84 Å². The Labute approximate surface area is 121 Å². The van der Waals surface area contributed by atoms with Crippen LogP contribution in [0.4, 0.5) is 0 Å². The van der Waals surface area contributed by atoms with Crippen LogP contribution in [-0.4, -0.2) is 54.6 Å². The molecule has 0 aliphatic carbocycles. The second-order valence-electron chi connectivity index (χ2n) is 5.21. The molecule has 0 heterocycles. The second-order valence-corrected chi connectivity index (χ2v) is 5.21. The molecule has 20 heavy (non-hydrogen) atoms. The van der Waals surface area contributed by atoms with Gasteiger partial charge in [0.05, 0.1) is 0 Å². The number of hydrogen-bond acceptors (Lipinski definition) is 4. The van der Waals surface area contributed by atoms with Crippen molar-refractivity contribution in [1.29, 1.82) is 0 Å². The van der Waals surface area contributed by atoms with E-state index in [0.29, 0.717) is 0 Å². The highest BCUT2D eigenvalue weighted by Gasteiger charge is 2.05. The lowest BCUT2D eigenvalue weighted by atomic mass is 10.1. The van der Waals surface area contributed by atoms with Gasteiger partial charge in [-0.1, -0.05) is 36.3 Å². The quantitative estimate of drug-likeness (QED) is 0.328. The fraction of sp³-hybridized carbons (Fsp3) is 0.533. The van der Waals surface area contributed by atoms with Gasteiger partial charge in [0.25, 0.3) is 0 Å². The number of nitrogens with two attached hydrogens (primary N) is 1. The zero-order valence-electron chi connectivity index (χ0n) is 12.7. The molecule has 0 unspecified atom stereocenters. The molecule has 5 heteroatoms. The van der Waals surface area contributed by atoms with Crippen molar-refractivity contribution < 1.29 is 5.21 Å². The average molecular weight is 278 g/mol. The third kappa shape index (κ3) is 5.59. The first kappa shape index (κ1) is 16.5. The molecule has 0 aromatic heterocycles. The van der Waals surface area contributed by atoms with E-state index in [9.17, 15) is 0 Å². The van der Waals surface area contributed by atoms with E-state index in [1.54, 1.807) is 0 Å². The molecule has 1 rings (SSSR count). The van der Waals surface area contributed by atoms with Crippen molar-refractivity contribution in [2.75, 3.05) is 33.7 Å². The van der Waals surface area contributed by atoms with Crippen LogP contribution in [0.15, 0.2) is 29.4 Å². The number of benzene rings is 1. The van der Waals surface area contributed by atoms with Crippen molar-refractivity contribution in [3.05, 3.63) is 35.4 Å². The van der Waals surface area contributed by atoms with Crippen LogP contribution in [0.1, 0.15) is 24.5 Å². The summed E-state index contributed by atoms with van der Waals surface area (Å²) in [7, 11) is 4.20. The summed E-state index contributed by atoms with van der Waals surface area (Å²) in [5, 5.41) is 11.6. The molecule has 1 aromatic rings. The molecule has 3 N–H and O–H groups in total. The summed E-state index contributed by atoms with van der Waals surface area (Å²) in [4.78, 5) is 4.63. The number of hydrogen-bond donors (Lipinski definition) is 2. The summed E-state index contributed by atoms with van der Waals surface area (Å²) in [6, 6.07) is 7.83. The molecule has 1 aromatic carbocycles. The highest BCUT2D eigenvalue weighted by Crippen LogP contribution is 2.08. The Hall–Kier alpha value is -1.59. The van der Waals surface area contributed by atoms with Crippen LogP contribution in [0.5, 0.6) is 0 Å². The molecule has 0 radical (unpaired) electrons. The molecule has 0 fully saturated rings. The first-order valence-corrected chi connectivity index (χ1v) is 7.00. The fourth-order valence-corrected chi connectivity index (χ4v) is 2.06. The Morgan fingerprint density at radius 2 is 1.85 bits per heavy atom. The average Bonchev–Trinajstić information content (AvgIpc) is 2.45. The summed E-state index contributed by atoms with van der Waals surface area (Å²) < 4.78 is 0. The van der Waals surface area contributed by atoms with Crippen LogP contribution in [0, 0.1) is 0 Å². The number of rotatable bonds is 8. The second kappa shape index (κ2) is 8.55. The molecular weight excluding hydrogens is 252 g/mol. The highest BCUT2D eigenvalue weighted by molar-refractivity contribution is 5.96. The van der Waals surface area contributed by atoms with Gasteiger partial charge in [-0.25, -0.2) is 0 Å². The van der Waals surface area contributed by atoms with Gasteiger partial charge in [-0.3, -0.25) is 4.90 Å². The molecule has 0 aliphatic rings. The Morgan fingerprint density at radius 1 is 1.20 bits per heavy atom. The summed E-state index contributed by atoms with van der Waals surface area (Å²) >= 11 is 0. The van der Waals surface area contributed by atoms with Crippen LogP contribution in [0.3, 0.4) is 0 Å². The van der Waals surface area contributed by atoms with E-state index in [2.05, 4.69) is 36.0 Å². The minimum Gasteiger partial charge on any atom is -0.409 e. The number of amidine groups is 1. The minimum atomic E-state index is 0.148. The highest BCUT2D eigenvalue weighted by atomic mass is 16.4. The summed E-state index contributed by atoms with van der Waals surface area (Å²) in [6.07, 6.45) is 1.17. The van der Waals surface area contributed by atoms with Gasteiger partial charge in [-0.15, -0.1) is 0 Å². The number of oxime groups is 1. The summed E-state index contributed by atoms with van der Waals surface area (Å²) in [5.74, 6) is 0.148. The van der Waals surface area contributed by atoms with Crippen LogP contribution < -0.4 is 5.73 Å². The lowest BCUT2D eigenvalue weighted by Gasteiger charge is -2.21. The zero-order valence-corrected chi connectivity index (χ0v) is 12.7. The van der Waals surface area contributed by atoms with Crippen molar-refractivity contribution in [3.63, 3.8) is 0 Å². The Morgan fingerprint density at radius 3 is 2.35 bits per heavy atom. The summed E-state index contributed by atoms with van der Waals surface area (Å²) in [6.45, 7) is 6.35. The first-order chi connectivity index (χ1) is 9.56. The normalized spacial score (nSPS) is 12.3. The maximum Gasteiger partial charge on any atom is 0.170 e. The maximum absolute atomic E-state index is 8.63. The van der Waals surface area contributed by atoms with Crippen molar-refractivity contribution >= 4 is 5.84 Å². The van der Waals surface area contributed by atoms with Crippen LogP contribution in [0.25, 0.3) is 0 Å². The van der Waals surface area contributed by atoms with Gasteiger partial charge in [0.1, 0.15) is 0 Å². The van der Waals surface area contributed by atoms with Gasteiger partial charge in [0, 0.05) is 12.1 Å². The predicted molar refractivity (Wildman–Crippen MR) is 83.1 cm³/mol. The lowest BCUT2D eigenvalue weighted by Crippen LogP contribution is -2.27. The summed E-state index contributed by atoms with van der Waals surface area (Å²) in [5.41, 5.74) is 7.54. The van der Waals surface area contributed by atoms with E-state index >= 15 is 0 Å². The van der Waals surface area contributed by atoms with Crippen molar-refractivity contribution in [1.82, 2.24) is 9.80 Å². The third-order valence-corrected chi connectivity index (χ3v) is 3.29. The molecular formula is C15H26N4O. The van der Waals surface area contributed by atoms with Crippen LogP contribution >= 0.6 is 0 Å². The topological polar surface area (TPSA) is 65.1 Å². The van der Waals surface area contributed by atoms with E-state index in [1.807, 2.05) is 24.3 Å². The predicted octanol–water partition coefficient (Wildman–Crippen LogP) is 1.55. The van der Waals surface area contributed by atoms with Gasteiger partial charge in [-0.05, 0) is 45.7 Å². The molecule has 5 nitrogen and oxygen atoms in total. The van der Waals surface area contributed by atoms with Crippen molar-refractivity contribution in [2.24, 2.45) is 10.9 Å². The van der Waals surface area contributed by atoms with Gasteiger partial charge in [-0.2, -0.15) is 0 Å². The molecule has 0 aliphatic heterocycles. The minimum absolute atomic E-state index is 0.148. The Bertz CT molecular complexity index is 414. The van der Waals surface area contributed by atoms with E-state index in [-0.39, 0.29) is 5.84 Å². The van der Waals surface area contributed by atoms with E-state index in [1.165, 1.54) is 12.0 Å².